The van der Waals surface area contributed by atoms with E-state index in [1.807, 2.05) is 30.3 Å². The summed E-state index contributed by atoms with van der Waals surface area (Å²) in [5.41, 5.74) is 2.27. The highest BCUT2D eigenvalue weighted by Gasteiger charge is 2.16. The molecule has 0 radical (unpaired) electrons. The van der Waals surface area contributed by atoms with Crippen molar-refractivity contribution in [2.24, 2.45) is 0 Å². The summed E-state index contributed by atoms with van der Waals surface area (Å²) in [6, 6.07) is 16.6. The van der Waals surface area contributed by atoms with Crippen molar-refractivity contribution in [3.05, 3.63) is 81.5 Å². The van der Waals surface area contributed by atoms with Crippen LogP contribution in [0, 0.1) is 6.92 Å². The van der Waals surface area contributed by atoms with E-state index < -0.39 is 0 Å². The molecule has 0 bridgehead atoms. The topological polar surface area (TPSA) is 42.2 Å². The van der Waals surface area contributed by atoms with Crippen molar-refractivity contribution in [3.8, 4) is 11.3 Å². The van der Waals surface area contributed by atoms with Crippen LogP contribution in [0.2, 0.25) is 10.0 Å². The van der Waals surface area contributed by atoms with Crippen molar-refractivity contribution in [3.63, 3.8) is 0 Å². The van der Waals surface area contributed by atoms with Gasteiger partial charge in [0.1, 0.15) is 11.5 Å². The van der Waals surface area contributed by atoms with Gasteiger partial charge in [-0.1, -0.05) is 53.5 Å². The Labute approximate surface area is 150 Å². The standard InChI is InChI=1S/C19H15Cl2NO2/c1-12-17(19(23)22-11-13-5-3-2-4-6-13)10-18(24-12)14-7-15(20)9-16(21)8-14/h2-10H,11H2,1H3,(H,22,23). The summed E-state index contributed by atoms with van der Waals surface area (Å²) in [6.45, 7) is 2.22. The molecule has 1 heterocycles. The Kier molecular flexibility index (Phi) is 4.93. The summed E-state index contributed by atoms with van der Waals surface area (Å²) in [4.78, 5) is 12.4. The SMILES string of the molecule is Cc1oc(-c2cc(Cl)cc(Cl)c2)cc1C(=O)NCc1ccccc1. The van der Waals surface area contributed by atoms with Gasteiger partial charge in [0.05, 0.1) is 5.56 Å². The van der Waals surface area contributed by atoms with Crippen LogP contribution in [0.1, 0.15) is 21.7 Å². The number of carbonyl (C=O) groups excluding carboxylic acids is 1. The van der Waals surface area contributed by atoms with Crippen LogP contribution >= 0.6 is 23.2 Å². The first-order valence-corrected chi connectivity index (χ1v) is 8.17. The normalized spacial score (nSPS) is 10.6. The van der Waals surface area contributed by atoms with E-state index in [9.17, 15) is 4.79 Å². The Hall–Kier alpha value is -2.23. The highest BCUT2D eigenvalue weighted by atomic mass is 35.5. The molecule has 1 N–H and O–H groups in total. The average molecular weight is 360 g/mol. The number of hydrogen-bond acceptors (Lipinski definition) is 2. The van der Waals surface area contributed by atoms with Gasteiger partial charge in [0.15, 0.2) is 0 Å². The first kappa shape index (κ1) is 16.6. The molecular weight excluding hydrogens is 345 g/mol. The van der Waals surface area contributed by atoms with Gasteiger partial charge in [-0.15, -0.1) is 0 Å². The molecule has 1 aromatic heterocycles. The molecule has 0 fully saturated rings. The van der Waals surface area contributed by atoms with Crippen LogP contribution in [0.25, 0.3) is 11.3 Å². The molecule has 5 heteroatoms. The van der Waals surface area contributed by atoms with Crippen molar-refractivity contribution in [1.29, 1.82) is 0 Å². The summed E-state index contributed by atoms with van der Waals surface area (Å²) in [5, 5.41) is 3.92. The molecule has 0 saturated heterocycles. The van der Waals surface area contributed by atoms with E-state index in [4.69, 9.17) is 27.6 Å². The number of halogens is 2. The molecule has 122 valence electrons. The van der Waals surface area contributed by atoms with Crippen molar-refractivity contribution in [1.82, 2.24) is 5.32 Å². The van der Waals surface area contributed by atoms with Crippen LogP contribution in [-0.2, 0) is 6.54 Å². The Morgan fingerprint density at radius 2 is 1.71 bits per heavy atom. The molecule has 24 heavy (non-hydrogen) atoms. The molecule has 0 aliphatic heterocycles. The molecule has 0 atom stereocenters. The molecule has 0 aliphatic rings. The zero-order valence-corrected chi connectivity index (χ0v) is 14.5. The fourth-order valence-corrected chi connectivity index (χ4v) is 2.95. The minimum Gasteiger partial charge on any atom is -0.461 e. The minimum atomic E-state index is -0.181. The van der Waals surface area contributed by atoms with Crippen LogP contribution in [-0.4, -0.2) is 5.91 Å². The van der Waals surface area contributed by atoms with Gasteiger partial charge < -0.3 is 9.73 Å². The van der Waals surface area contributed by atoms with E-state index in [-0.39, 0.29) is 5.91 Å². The Morgan fingerprint density at radius 1 is 1.04 bits per heavy atom. The van der Waals surface area contributed by atoms with Crippen molar-refractivity contribution < 1.29 is 9.21 Å². The molecule has 3 nitrogen and oxygen atoms in total. The summed E-state index contributed by atoms with van der Waals surface area (Å²) < 4.78 is 5.71. The van der Waals surface area contributed by atoms with E-state index in [1.165, 1.54) is 0 Å². The number of amides is 1. The lowest BCUT2D eigenvalue weighted by molar-refractivity contribution is 0.0949. The zero-order chi connectivity index (χ0) is 17.1. The van der Waals surface area contributed by atoms with Crippen LogP contribution in [0.4, 0.5) is 0 Å². The van der Waals surface area contributed by atoms with E-state index in [2.05, 4.69) is 5.32 Å². The highest BCUT2D eigenvalue weighted by molar-refractivity contribution is 6.35. The Bertz CT molecular complexity index is 852. The van der Waals surface area contributed by atoms with Gasteiger partial charge in [0.25, 0.3) is 5.91 Å². The average Bonchev–Trinajstić information content (AvgIpc) is 2.95. The molecular formula is C19H15Cl2NO2. The van der Waals surface area contributed by atoms with Crippen LogP contribution < -0.4 is 5.32 Å². The maximum atomic E-state index is 12.4. The first-order chi connectivity index (χ1) is 11.5. The third kappa shape index (κ3) is 3.81. The minimum absolute atomic E-state index is 0.181. The number of furan rings is 1. The molecule has 0 saturated carbocycles. The quantitative estimate of drug-likeness (QED) is 0.668. The maximum Gasteiger partial charge on any atom is 0.255 e. The monoisotopic (exact) mass is 359 g/mol. The summed E-state index contributed by atoms with van der Waals surface area (Å²) in [7, 11) is 0. The zero-order valence-electron chi connectivity index (χ0n) is 13.0. The van der Waals surface area contributed by atoms with Crippen LogP contribution in [0.5, 0.6) is 0 Å². The molecule has 0 spiro atoms. The van der Waals surface area contributed by atoms with Gasteiger partial charge >= 0.3 is 0 Å². The number of carbonyl (C=O) groups is 1. The predicted octanol–water partition coefficient (Wildman–Crippen LogP) is 5.49. The van der Waals surface area contributed by atoms with E-state index in [0.29, 0.717) is 33.7 Å². The largest absolute Gasteiger partial charge is 0.461 e. The molecule has 1 amide bonds. The summed E-state index contributed by atoms with van der Waals surface area (Å²) in [6.07, 6.45) is 0. The van der Waals surface area contributed by atoms with Crippen LogP contribution in [0.3, 0.4) is 0 Å². The second kappa shape index (κ2) is 7.12. The molecule has 2 aromatic carbocycles. The Morgan fingerprint density at radius 3 is 2.38 bits per heavy atom. The van der Waals surface area contributed by atoms with E-state index >= 15 is 0 Å². The fraction of sp³-hybridized carbons (Fsp3) is 0.105. The van der Waals surface area contributed by atoms with Gasteiger partial charge in [-0.3, -0.25) is 4.79 Å². The molecule has 0 aliphatic carbocycles. The fourth-order valence-electron chi connectivity index (χ4n) is 2.42. The first-order valence-electron chi connectivity index (χ1n) is 7.42. The third-order valence-corrected chi connectivity index (χ3v) is 4.04. The number of rotatable bonds is 4. The number of aryl methyl sites for hydroxylation is 1. The summed E-state index contributed by atoms with van der Waals surface area (Å²) >= 11 is 12.0. The molecule has 0 unspecified atom stereocenters. The second-order valence-corrected chi connectivity index (χ2v) is 6.28. The lowest BCUT2D eigenvalue weighted by Crippen LogP contribution is -2.22. The number of nitrogens with one attached hydrogen (secondary N) is 1. The van der Waals surface area contributed by atoms with Crippen molar-refractivity contribution in [2.75, 3.05) is 0 Å². The van der Waals surface area contributed by atoms with Gasteiger partial charge in [-0.25, -0.2) is 0 Å². The van der Waals surface area contributed by atoms with E-state index in [1.54, 1.807) is 31.2 Å². The maximum absolute atomic E-state index is 12.4. The lowest BCUT2D eigenvalue weighted by Gasteiger charge is -2.03. The van der Waals surface area contributed by atoms with Gasteiger partial charge in [0.2, 0.25) is 0 Å². The van der Waals surface area contributed by atoms with Gasteiger partial charge in [-0.05, 0) is 36.8 Å². The highest BCUT2D eigenvalue weighted by Crippen LogP contribution is 2.30. The van der Waals surface area contributed by atoms with Gasteiger partial charge in [0, 0.05) is 22.2 Å². The third-order valence-electron chi connectivity index (χ3n) is 3.61. The predicted molar refractivity (Wildman–Crippen MR) is 96.5 cm³/mol. The van der Waals surface area contributed by atoms with Gasteiger partial charge in [-0.2, -0.15) is 0 Å². The lowest BCUT2D eigenvalue weighted by atomic mass is 10.1. The summed E-state index contributed by atoms with van der Waals surface area (Å²) in [5.74, 6) is 0.924. The van der Waals surface area contributed by atoms with E-state index in [0.717, 1.165) is 11.1 Å². The van der Waals surface area contributed by atoms with Crippen molar-refractivity contribution in [2.45, 2.75) is 13.5 Å². The number of benzene rings is 2. The smallest absolute Gasteiger partial charge is 0.255 e. The Balaban J connectivity index is 1.79. The molecule has 3 rings (SSSR count). The second-order valence-electron chi connectivity index (χ2n) is 5.41. The van der Waals surface area contributed by atoms with Crippen LogP contribution in [0.15, 0.2) is 59.0 Å². The van der Waals surface area contributed by atoms with Crippen molar-refractivity contribution >= 4 is 29.1 Å². The molecule has 3 aromatic rings. The number of hydrogen-bond donors (Lipinski definition) is 1.